The van der Waals surface area contributed by atoms with E-state index in [4.69, 9.17) is 0 Å². The van der Waals surface area contributed by atoms with E-state index >= 15 is 0 Å². The summed E-state index contributed by atoms with van der Waals surface area (Å²) < 4.78 is 0. The number of hydrogen-bond acceptors (Lipinski definition) is 2. The molecule has 2 heteroatoms. The lowest BCUT2D eigenvalue weighted by molar-refractivity contribution is 0.0994. The Hall–Kier alpha value is -2.71. The molecule has 0 radical (unpaired) electrons. The first-order valence-electron chi connectivity index (χ1n) is 9.25. The van der Waals surface area contributed by atoms with Crippen LogP contribution in [0.1, 0.15) is 42.1 Å². The van der Waals surface area contributed by atoms with Crippen LogP contribution >= 0.6 is 0 Å². The molecule has 1 atom stereocenters. The normalized spacial score (nSPS) is 19.3. The highest BCUT2D eigenvalue weighted by molar-refractivity contribution is 5.96. The fourth-order valence-electron chi connectivity index (χ4n) is 4.06. The summed E-state index contributed by atoms with van der Waals surface area (Å²) in [6.07, 6.45) is 4.30. The van der Waals surface area contributed by atoms with Crippen LogP contribution in [0.3, 0.4) is 0 Å². The van der Waals surface area contributed by atoms with Crippen LogP contribution in [0.25, 0.3) is 11.1 Å². The molecule has 0 saturated heterocycles. The van der Waals surface area contributed by atoms with Gasteiger partial charge in [0.2, 0.25) is 0 Å². The van der Waals surface area contributed by atoms with Crippen LogP contribution in [0.5, 0.6) is 0 Å². The van der Waals surface area contributed by atoms with Crippen molar-refractivity contribution in [3.63, 3.8) is 0 Å². The Kier molecular flexibility index (Phi) is 4.44. The summed E-state index contributed by atoms with van der Waals surface area (Å²) >= 11 is 0. The first-order valence-corrected chi connectivity index (χ1v) is 9.25. The standard InChI is InChI=1S/C24H23NO/c1-2-10-21-20-14-7-6-11-18(20)17-24(26,19-12-4-3-5-13-19)23(21)22-15-8-9-16-25-22/h3-9,11-16,26H,2,10,17H2,1H3. The Bertz CT molecular complexity index is 931. The zero-order valence-electron chi connectivity index (χ0n) is 15.0. The molecule has 1 heterocycles. The van der Waals surface area contributed by atoms with Gasteiger partial charge in [0.25, 0.3) is 0 Å². The molecule has 4 rings (SSSR count). The zero-order chi connectivity index (χ0) is 18.0. The molecule has 0 saturated carbocycles. The highest BCUT2D eigenvalue weighted by Crippen LogP contribution is 2.48. The summed E-state index contributed by atoms with van der Waals surface area (Å²) in [5.74, 6) is 0. The van der Waals surface area contributed by atoms with Crippen molar-refractivity contribution in [1.82, 2.24) is 4.98 Å². The van der Waals surface area contributed by atoms with Crippen molar-refractivity contribution in [1.29, 1.82) is 0 Å². The minimum absolute atomic E-state index is 0.562. The molecule has 2 aromatic carbocycles. The minimum atomic E-state index is -1.07. The molecule has 1 aromatic heterocycles. The van der Waals surface area contributed by atoms with Gasteiger partial charge < -0.3 is 5.11 Å². The van der Waals surface area contributed by atoms with Crippen molar-refractivity contribution in [3.8, 4) is 0 Å². The van der Waals surface area contributed by atoms with Crippen molar-refractivity contribution in [3.05, 3.63) is 101 Å². The highest BCUT2D eigenvalue weighted by atomic mass is 16.3. The number of benzene rings is 2. The highest BCUT2D eigenvalue weighted by Gasteiger charge is 2.41. The van der Waals surface area contributed by atoms with Gasteiger partial charge in [-0.2, -0.15) is 0 Å². The predicted molar refractivity (Wildman–Crippen MR) is 106 cm³/mol. The lowest BCUT2D eigenvalue weighted by Gasteiger charge is -2.38. The average Bonchev–Trinajstić information content (AvgIpc) is 2.69. The van der Waals surface area contributed by atoms with E-state index in [1.807, 2.05) is 48.5 Å². The topological polar surface area (TPSA) is 33.1 Å². The van der Waals surface area contributed by atoms with Crippen LogP contribution < -0.4 is 0 Å². The summed E-state index contributed by atoms with van der Waals surface area (Å²) in [5, 5.41) is 12.0. The van der Waals surface area contributed by atoms with Crippen LogP contribution in [-0.2, 0) is 12.0 Å². The maximum atomic E-state index is 12.0. The van der Waals surface area contributed by atoms with Gasteiger partial charge in [-0.3, -0.25) is 4.98 Å². The number of rotatable bonds is 4. The van der Waals surface area contributed by atoms with Crippen molar-refractivity contribution in [2.75, 3.05) is 0 Å². The average molecular weight is 341 g/mol. The third kappa shape index (κ3) is 2.77. The fraction of sp³-hybridized carbons (Fsp3) is 0.208. The summed E-state index contributed by atoms with van der Waals surface area (Å²) in [6.45, 7) is 2.18. The molecule has 0 aliphatic heterocycles. The molecule has 0 spiro atoms. The van der Waals surface area contributed by atoms with Crippen molar-refractivity contribution in [2.45, 2.75) is 31.8 Å². The van der Waals surface area contributed by atoms with Gasteiger partial charge in [0.1, 0.15) is 5.60 Å². The van der Waals surface area contributed by atoms with Crippen LogP contribution in [0, 0.1) is 0 Å². The van der Waals surface area contributed by atoms with E-state index in [1.165, 1.54) is 16.7 Å². The summed E-state index contributed by atoms with van der Waals surface area (Å²) in [6, 6.07) is 24.4. The van der Waals surface area contributed by atoms with Gasteiger partial charge in [0, 0.05) is 18.2 Å². The number of hydrogen-bond donors (Lipinski definition) is 1. The second kappa shape index (κ2) is 6.89. The molecule has 0 bridgehead atoms. The van der Waals surface area contributed by atoms with Gasteiger partial charge in [-0.1, -0.05) is 74.0 Å². The van der Waals surface area contributed by atoms with E-state index in [0.29, 0.717) is 6.42 Å². The van der Waals surface area contributed by atoms with Gasteiger partial charge in [-0.25, -0.2) is 0 Å². The Balaban J connectivity index is 2.04. The Morgan fingerprint density at radius 1 is 0.923 bits per heavy atom. The molecule has 3 aromatic rings. The van der Waals surface area contributed by atoms with Crippen LogP contribution in [0.2, 0.25) is 0 Å². The van der Waals surface area contributed by atoms with Gasteiger partial charge in [0.05, 0.1) is 5.69 Å². The molecule has 1 N–H and O–H groups in total. The molecule has 130 valence electrons. The van der Waals surface area contributed by atoms with Gasteiger partial charge in [0.15, 0.2) is 0 Å². The molecule has 1 unspecified atom stereocenters. The van der Waals surface area contributed by atoms with Crippen molar-refractivity contribution in [2.24, 2.45) is 0 Å². The molecule has 2 nitrogen and oxygen atoms in total. The number of allylic oxidation sites excluding steroid dienone is 1. The number of aromatic nitrogens is 1. The minimum Gasteiger partial charge on any atom is -0.380 e. The second-order valence-electron chi connectivity index (χ2n) is 6.88. The molecule has 1 aliphatic carbocycles. The van der Waals surface area contributed by atoms with Crippen molar-refractivity contribution < 1.29 is 5.11 Å². The van der Waals surface area contributed by atoms with Crippen LogP contribution in [-0.4, -0.2) is 10.1 Å². The summed E-state index contributed by atoms with van der Waals surface area (Å²) in [5.41, 5.74) is 5.30. The van der Waals surface area contributed by atoms with E-state index in [9.17, 15) is 5.11 Å². The smallest absolute Gasteiger partial charge is 0.121 e. The zero-order valence-corrected chi connectivity index (χ0v) is 15.0. The van der Waals surface area contributed by atoms with Crippen molar-refractivity contribution >= 4 is 11.1 Å². The quantitative estimate of drug-likeness (QED) is 0.704. The van der Waals surface area contributed by atoms with E-state index < -0.39 is 5.60 Å². The fourth-order valence-corrected chi connectivity index (χ4v) is 4.06. The summed E-state index contributed by atoms with van der Waals surface area (Å²) in [7, 11) is 0. The Morgan fingerprint density at radius 3 is 2.38 bits per heavy atom. The van der Waals surface area contributed by atoms with E-state index in [1.54, 1.807) is 6.20 Å². The summed E-state index contributed by atoms with van der Waals surface area (Å²) in [4.78, 5) is 4.61. The maximum Gasteiger partial charge on any atom is 0.121 e. The molecule has 0 amide bonds. The van der Waals surface area contributed by atoms with Gasteiger partial charge in [-0.05, 0) is 40.8 Å². The van der Waals surface area contributed by atoms with Crippen LogP contribution in [0.4, 0.5) is 0 Å². The molecular weight excluding hydrogens is 318 g/mol. The predicted octanol–water partition coefficient (Wildman–Crippen LogP) is 5.24. The third-order valence-electron chi connectivity index (χ3n) is 5.18. The monoisotopic (exact) mass is 341 g/mol. The van der Waals surface area contributed by atoms with Gasteiger partial charge in [-0.15, -0.1) is 0 Å². The number of pyridine rings is 1. The maximum absolute atomic E-state index is 12.0. The number of aliphatic hydroxyl groups is 1. The Labute approximate surface area is 154 Å². The number of fused-ring (bicyclic) bond motifs is 1. The second-order valence-corrected chi connectivity index (χ2v) is 6.88. The molecular formula is C24H23NO. The molecule has 26 heavy (non-hydrogen) atoms. The van der Waals surface area contributed by atoms with Gasteiger partial charge >= 0.3 is 0 Å². The number of nitrogens with zero attached hydrogens (tertiary/aromatic N) is 1. The van der Waals surface area contributed by atoms with Crippen LogP contribution in [0.15, 0.2) is 79.0 Å². The van der Waals surface area contributed by atoms with E-state index in [2.05, 4.69) is 36.2 Å². The first kappa shape index (κ1) is 16.7. The largest absolute Gasteiger partial charge is 0.380 e. The van der Waals surface area contributed by atoms with E-state index in [0.717, 1.165) is 29.7 Å². The Morgan fingerprint density at radius 2 is 1.65 bits per heavy atom. The lowest BCUT2D eigenvalue weighted by Crippen LogP contribution is -2.34. The molecule has 1 aliphatic rings. The molecule has 0 fully saturated rings. The van der Waals surface area contributed by atoms with E-state index in [-0.39, 0.29) is 0 Å². The third-order valence-corrected chi connectivity index (χ3v) is 5.18. The lowest BCUT2D eigenvalue weighted by atomic mass is 9.70. The first-order chi connectivity index (χ1) is 12.7. The SMILES string of the molecule is CCCC1=C(c2ccccn2)C(O)(c2ccccc2)Cc2ccccc21.